The number of aryl methyl sites for hydroxylation is 2. The number of anilines is 1. The van der Waals surface area contributed by atoms with Gasteiger partial charge in [-0.3, -0.25) is 9.79 Å². The van der Waals surface area contributed by atoms with Gasteiger partial charge in [-0.05, 0) is 77.5 Å². The molecule has 8 nitrogen and oxygen atoms in total. The number of carbonyl (C=O) groups is 1. The van der Waals surface area contributed by atoms with Crippen LogP contribution in [-0.4, -0.2) is 60.1 Å². The number of aromatic nitrogens is 2. The van der Waals surface area contributed by atoms with E-state index >= 15 is 0 Å². The average molecular weight is 618 g/mol. The van der Waals surface area contributed by atoms with Crippen molar-refractivity contribution >= 4 is 18.3 Å². The molecule has 2 rings (SSSR count). The molecular weight excluding hydrogens is 550 g/mol. The van der Waals surface area contributed by atoms with Gasteiger partial charge in [-0.25, -0.2) is 9.97 Å². The third kappa shape index (κ3) is 24.7. The van der Waals surface area contributed by atoms with Gasteiger partial charge in [0.15, 0.2) is 0 Å². The molecule has 1 amide bonds. The zero-order chi connectivity index (χ0) is 34.6. The van der Waals surface area contributed by atoms with E-state index in [0.717, 1.165) is 79.0 Å². The van der Waals surface area contributed by atoms with E-state index in [2.05, 4.69) is 54.9 Å². The van der Waals surface area contributed by atoms with E-state index < -0.39 is 5.60 Å². The molecule has 254 valence electrons. The summed E-state index contributed by atoms with van der Waals surface area (Å²) in [7, 11) is 1.72. The van der Waals surface area contributed by atoms with Gasteiger partial charge >= 0.3 is 0 Å². The summed E-state index contributed by atoms with van der Waals surface area (Å²) < 4.78 is 5.36. The molecule has 2 atom stereocenters. The van der Waals surface area contributed by atoms with Gasteiger partial charge in [-0.1, -0.05) is 80.4 Å². The van der Waals surface area contributed by atoms with Crippen molar-refractivity contribution in [2.24, 2.45) is 22.6 Å². The van der Waals surface area contributed by atoms with Crippen molar-refractivity contribution < 1.29 is 14.6 Å². The fraction of sp³-hybridized carbons (Fsp3) is 0.667. The molecule has 44 heavy (non-hydrogen) atoms. The number of ether oxygens (including phenoxy) is 1. The molecule has 0 bridgehead atoms. The summed E-state index contributed by atoms with van der Waals surface area (Å²) in [5.74, 6) is 2.20. The fourth-order valence-corrected chi connectivity index (χ4v) is 3.75. The van der Waals surface area contributed by atoms with Crippen LogP contribution in [0, 0.1) is 25.7 Å². The van der Waals surface area contributed by atoms with Gasteiger partial charge in [0, 0.05) is 43.3 Å². The van der Waals surface area contributed by atoms with Gasteiger partial charge in [0.25, 0.3) is 0 Å². The summed E-state index contributed by atoms with van der Waals surface area (Å²) in [5, 5.41) is 11.9. The molecule has 0 fully saturated rings. The zero-order valence-corrected chi connectivity index (χ0v) is 30.5. The number of nitrogens with zero attached hydrogens (tertiary/aromatic N) is 3. The lowest BCUT2D eigenvalue weighted by Gasteiger charge is -2.20. The summed E-state index contributed by atoms with van der Waals surface area (Å²) in [6.07, 6.45) is 8.12. The second-order valence-electron chi connectivity index (χ2n) is 11.2. The maximum atomic E-state index is 10.4. The molecule has 0 spiro atoms. The third-order valence-corrected chi connectivity index (χ3v) is 6.24. The van der Waals surface area contributed by atoms with Crippen molar-refractivity contribution in [1.82, 2.24) is 9.97 Å². The quantitative estimate of drug-likeness (QED) is 0.118. The highest BCUT2D eigenvalue weighted by Gasteiger charge is 2.15. The first-order valence-corrected chi connectivity index (χ1v) is 16.4. The van der Waals surface area contributed by atoms with Crippen LogP contribution in [0.3, 0.4) is 0 Å². The van der Waals surface area contributed by atoms with Crippen LogP contribution in [-0.2, 0) is 9.53 Å². The Morgan fingerprint density at radius 1 is 1.00 bits per heavy atom. The smallest absolute Gasteiger partial charge is 0.211 e. The number of hydrogen-bond acceptors (Lipinski definition) is 7. The van der Waals surface area contributed by atoms with Crippen LogP contribution in [0.4, 0.5) is 5.69 Å². The maximum Gasteiger partial charge on any atom is 0.211 e. The molecule has 2 aromatic rings. The highest BCUT2D eigenvalue weighted by molar-refractivity contribution is 5.90. The summed E-state index contributed by atoms with van der Waals surface area (Å²) in [6, 6.07) is 7.51. The number of aliphatic imine (C=N–C) groups is 1. The number of nitrogens with two attached hydrogens (primary N) is 1. The van der Waals surface area contributed by atoms with E-state index in [1.165, 1.54) is 12.8 Å². The van der Waals surface area contributed by atoms with Crippen LogP contribution in [0.2, 0.25) is 0 Å². The molecule has 1 aromatic heterocycles. The van der Waals surface area contributed by atoms with Crippen LogP contribution in [0.25, 0.3) is 11.3 Å². The second-order valence-corrected chi connectivity index (χ2v) is 11.2. The molecule has 0 saturated heterocycles. The van der Waals surface area contributed by atoms with E-state index in [1.54, 1.807) is 13.3 Å². The Kier molecular flexibility index (Phi) is 30.2. The van der Waals surface area contributed by atoms with E-state index in [-0.39, 0.29) is 0 Å². The summed E-state index contributed by atoms with van der Waals surface area (Å²) in [6.45, 7) is 27.0. The number of carbonyl (C=O) groups excluding carboxylic acids is 1. The van der Waals surface area contributed by atoms with Crippen molar-refractivity contribution in [3.8, 4) is 11.3 Å². The van der Waals surface area contributed by atoms with Crippen LogP contribution in [0.15, 0.2) is 29.3 Å². The number of benzene rings is 1. The molecule has 1 aromatic carbocycles. The predicted molar refractivity (Wildman–Crippen MR) is 192 cm³/mol. The molecule has 0 aliphatic rings. The summed E-state index contributed by atoms with van der Waals surface area (Å²) in [5.41, 5.74) is 8.73. The number of rotatable bonds is 13. The molecule has 0 radical (unpaired) electrons. The van der Waals surface area contributed by atoms with Crippen molar-refractivity contribution in [2.75, 3.05) is 32.1 Å². The van der Waals surface area contributed by atoms with Crippen molar-refractivity contribution in [3.63, 3.8) is 0 Å². The Hall–Kier alpha value is -2.68. The number of nitrogens with one attached hydrogen (secondary N) is 1. The molecule has 2 unspecified atom stereocenters. The van der Waals surface area contributed by atoms with E-state index in [4.69, 9.17) is 10.5 Å². The zero-order valence-electron chi connectivity index (χ0n) is 30.5. The lowest BCUT2D eigenvalue weighted by atomic mass is 9.93. The van der Waals surface area contributed by atoms with Gasteiger partial charge in [-0.15, -0.1) is 0 Å². The van der Waals surface area contributed by atoms with Crippen molar-refractivity contribution in [1.29, 1.82) is 0 Å². The first kappa shape index (κ1) is 45.7. The SMILES string of the molecule is CC.CCC(C)CC(C)(C)O.CCCOCCC(C)CC.CCN.CN=Cc1c(C)nc(C)nc1-c1ccc(NC=O)cc1. The standard InChI is InChI=1S/C15H16N4O.C9H20O.C8H18O.C2H7N.C2H6/c1-10-14(8-16-3)15(19-11(2)18-10)12-4-6-13(7-5-12)17-9-20;1-4-7-10-8-6-9(3)5-2;1-5-7(2)6-8(3,4)9;1-2-3;1-2/h4-9H,1-3H3,(H,17,20);9H,4-8H2,1-3H3;7,9H,5-6H2,1-4H3;2-3H2,1H3;1-2H3. The van der Waals surface area contributed by atoms with Crippen LogP contribution >= 0.6 is 0 Å². The lowest BCUT2D eigenvalue weighted by molar-refractivity contribution is -0.105. The van der Waals surface area contributed by atoms with E-state index in [1.807, 2.05) is 72.7 Å². The minimum atomic E-state index is -0.477. The molecule has 0 aliphatic carbocycles. The molecule has 8 heteroatoms. The van der Waals surface area contributed by atoms with Gasteiger partial charge in [0.2, 0.25) is 6.41 Å². The highest BCUT2D eigenvalue weighted by atomic mass is 16.5. The normalized spacial score (nSPS) is 11.7. The fourth-order valence-electron chi connectivity index (χ4n) is 3.75. The highest BCUT2D eigenvalue weighted by Crippen LogP contribution is 2.24. The van der Waals surface area contributed by atoms with Gasteiger partial charge in [-0.2, -0.15) is 0 Å². The van der Waals surface area contributed by atoms with Gasteiger partial charge in [0.1, 0.15) is 5.82 Å². The molecule has 4 N–H and O–H groups in total. The number of amides is 1. The molecule has 0 saturated carbocycles. The van der Waals surface area contributed by atoms with Crippen LogP contribution in [0.1, 0.15) is 118 Å². The van der Waals surface area contributed by atoms with E-state index in [9.17, 15) is 9.90 Å². The van der Waals surface area contributed by atoms with Crippen molar-refractivity contribution in [2.45, 2.75) is 121 Å². The lowest BCUT2D eigenvalue weighted by Crippen LogP contribution is -2.21. The summed E-state index contributed by atoms with van der Waals surface area (Å²) in [4.78, 5) is 23.3. The molecular formula is C36H67N5O3. The topological polar surface area (TPSA) is 123 Å². The minimum Gasteiger partial charge on any atom is -0.390 e. The largest absolute Gasteiger partial charge is 0.390 e. The number of aliphatic hydroxyl groups is 1. The Labute approximate surface area is 270 Å². The summed E-state index contributed by atoms with van der Waals surface area (Å²) >= 11 is 0. The van der Waals surface area contributed by atoms with E-state index in [0.29, 0.717) is 12.3 Å². The second kappa shape index (κ2) is 29.1. The van der Waals surface area contributed by atoms with Gasteiger partial charge < -0.3 is 20.9 Å². The first-order chi connectivity index (χ1) is 20.8. The minimum absolute atomic E-state index is 0.477. The molecule has 1 heterocycles. The third-order valence-electron chi connectivity index (χ3n) is 6.24. The Balaban J connectivity index is -0.000000591. The monoisotopic (exact) mass is 618 g/mol. The molecule has 0 aliphatic heterocycles. The predicted octanol–water partition coefficient (Wildman–Crippen LogP) is 8.41. The average Bonchev–Trinajstić information content (AvgIpc) is 2.98. The van der Waals surface area contributed by atoms with Crippen LogP contribution in [0.5, 0.6) is 0 Å². The van der Waals surface area contributed by atoms with Crippen LogP contribution < -0.4 is 11.1 Å². The maximum absolute atomic E-state index is 10.4. The Bertz CT molecular complexity index is 973. The van der Waals surface area contributed by atoms with Crippen molar-refractivity contribution in [3.05, 3.63) is 41.3 Å². The Morgan fingerprint density at radius 3 is 1.95 bits per heavy atom. The Morgan fingerprint density at radius 2 is 1.55 bits per heavy atom. The number of hydrogen-bond donors (Lipinski definition) is 3. The van der Waals surface area contributed by atoms with Gasteiger partial charge in [0.05, 0.1) is 17.0 Å². The first-order valence-electron chi connectivity index (χ1n) is 16.4.